The summed E-state index contributed by atoms with van der Waals surface area (Å²) in [7, 11) is 0. The van der Waals surface area contributed by atoms with Crippen LogP contribution in [0.3, 0.4) is 0 Å². The number of rotatable bonds is 2. The molecule has 1 aromatic carbocycles. The van der Waals surface area contributed by atoms with Crippen LogP contribution in [0, 0.1) is 0 Å². The monoisotopic (exact) mass is 333 g/mol. The second kappa shape index (κ2) is 5.98. The average Bonchev–Trinajstić information content (AvgIpc) is 2.50. The highest BCUT2D eigenvalue weighted by Crippen LogP contribution is 2.36. The van der Waals surface area contributed by atoms with Crippen molar-refractivity contribution in [2.45, 2.75) is 17.1 Å². The van der Waals surface area contributed by atoms with Crippen molar-refractivity contribution in [2.75, 3.05) is 10.6 Å². The van der Waals surface area contributed by atoms with Crippen LogP contribution in [-0.4, -0.2) is 22.0 Å². The number of nitrogens with one attached hydrogen (secondary N) is 2. The maximum absolute atomic E-state index is 12.2. The molecule has 0 aliphatic carbocycles. The third kappa shape index (κ3) is 3.08. The standard InChI is InChI=1S/C15H12ClN3O2S/c1-8-14(20)18-11-6-9(2-4-12(11)22-8)15(21)19-13-5-3-10(16)7-17-13/h2-8H,1H3,(H,18,20)(H,17,19,21). The molecule has 2 aromatic rings. The molecule has 5 nitrogen and oxygen atoms in total. The number of carbonyl (C=O) groups excluding carboxylic acids is 2. The Balaban J connectivity index is 1.80. The van der Waals surface area contributed by atoms with Crippen molar-refractivity contribution >= 4 is 46.7 Å². The molecule has 3 rings (SSSR count). The van der Waals surface area contributed by atoms with Crippen LogP contribution in [0.25, 0.3) is 0 Å². The van der Waals surface area contributed by atoms with E-state index >= 15 is 0 Å². The molecule has 1 aromatic heterocycles. The zero-order valence-corrected chi connectivity index (χ0v) is 13.2. The van der Waals surface area contributed by atoms with Gasteiger partial charge in [0.05, 0.1) is 16.0 Å². The van der Waals surface area contributed by atoms with Gasteiger partial charge in [-0.1, -0.05) is 11.6 Å². The largest absolute Gasteiger partial charge is 0.324 e. The number of fused-ring (bicyclic) bond motifs is 1. The Labute approximate surface area is 136 Å². The molecule has 7 heteroatoms. The van der Waals surface area contributed by atoms with Gasteiger partial charge >= 0.3 is 0 Å². The molecule has 1 aliphatic rings. The van der Waals surface area contributed by atoms with Crippen molar-refractivity contribution in [3.05, 3.63) is 47.1 Å². The maximum atomic E-state index is 12.2. The van der Waals surface area contributed by atoms with Crippen LogP contribution in [0.1, 0.15) is 17.3 Å². The fraction of sp³-hybridized carbons (Fsp3) is 0.133. The quantitative estimate of drug-likeness (QED) is 0.883. The van der Waals surface area contributed by atoms with Crippen molar-refractivity contribution in [2.24, 2.45) is 0 Å². The number of carbonyl (C=O) groups is 2. The number of anilines is 2. The molecule has 112 valence electrons. The van der Waals surface area contributed by atoms with Crippen LogP contribution in [0.5, 0.6) is 0 Å². The number of pyridine rings is 1. The molecule has 1 aliphatic heterocycles. The Morgan fingerprint density at radius 3 is 2.91 bits per heavy atom. The number of benzene rings is 1. The topological polar surface area (TPSA) is 71.1 Å². The maximum Gasteiger partial charge on any atom is 0.256 e. The molecule has 0 saturated heterocycles. The lowest BCUT2D eigenvalue weighted by Gasteiger charge is -2.21. The lowest BCUT2D eigenvalue weighted by Crippen LogP contribution is -2.26. The summed E-state index contributed by atoms with van der Waals surface area (Å²) in [6.07, 6.45) is 1.46. The second-order valence-corrected chi connectivity index (χ2v) is 6.60. The van der Waals surface area contributed by atoms with Gasteiger partial charge in [-0.05, 0) is 37.3 Å². The minimum atomic E-state index is -0.296. The van der Waals surface area contributed by atoms with E-state index in [1.165, 1.54) is 18.0 Å². The summed E-state index contributed by atoms with van der Waals surface area (Å²) in [6.45, 7) is 1.84. The van der Waals surface area contributed by atoms with E-state index in [4.69, 9.17) is 11.6 Å². The van der Waals surface area contributed by atoms with Gasteiger partial charge in [-0.2, -0.15) is 0 Å². The minimum Gasteiger partial charge on any atom is -0.324 e. The Morgan fingerprint density at radius 2 is 2.18 bits per heavy atom. The lowest BCUT2D eigenvalue weighted by atomic mass is 10.1. The van der Waals surface area contributed by atoms with Crippen molar-refractivity contribution in [3.63, 3.8) is 0 Å². The average molecular weight is 334 g/mol. The van der Waals surface area contributed by atoms with Crippen LogP contribution in [0.15, 0.2) is 41.4 Å². The second-order valence-electron chi connectivity index (χ2n) is 4.78. The van der Waals surface area contributed by atoms with Crippen molar-refractivity contribution < 1.29 is 9.59 Å². The summed E-state index contributed by atoms with van der Waals surface area (Å²) >= 11 is 7.23. The predicted octanol–water partition coefficient (Wildman–Crippen LogP) is 3.42. The summed E-state index contributed by atoms with van der Waals surface area (Å²) in [5, 5.41) is 5.85. The summed E-state index contributed by atoms with van der Waals surface area (Å²) in [5.74, 6) is 0.0593. The van der Waals surface area contributed by atoms with E-state index in [0.717, 1.165) is 4.90 Å². The fourth-order valence-electron chi connectivity index (χ4n) is 1.99. The molecule has 0 saturated carbocycles. The van der Waals surface area contributed by atoms with E-state index in [-0.39, 0.29) is 17.1 Å². The van der Waals surface area contributed by atoms with E-state index in [0.29, 0.717) is 22.1 Å². The molecule has 0 spiro atoms. The van der Waals surface area contributed by atoms with Gasteiger partial charge < -0.3 is 10.6 Å². The van der Waals surface area contributed by atoms with Gasteiger partial charge in [-0.25, -0.2) is 4.98 Å². The zero-order valence-electron chi connectivity index (χ0n) is 11.6. The number of aromatic nitrogens is 1. The van der Waals surface area contributed by atoms with Gasteiger partial charge in [0.1, 0.15) is 5.82 Å². The molecular weight excluding hydrogens is 322 g/mol. The molecule has 0 bridgehead atoms. The fourth-order valence-corrected chi connectivity index (χ4v) is 3.03. The number of halogens is 1. The lowest BCUT2D eigenvalue weighted by molar-refractivity contribution is -0.115. The van der Waals surface area contributed by atoms with Gasteiger partial charge in [-0.15, -0.1) is 11.8 Å². The predicted molar refractivity (Wildman–Crippen MR) is 87.6 cm³/mol. The van der Waals surface area contributed by atoms with Crippen molar-refractivity contribution in [3.8, 4) is 0 Å². The molecular formula is C15H12ClN3O2S. The molecule has 2 amide bonds. The van der Waals surface area contributed by atoms with Crippen LogP contribution in [-0.2, 0) is 4.79 Å². The summed E-state index contributed by atoms with van der Waals surface area (Å²) < 4.78 is 0. The van der Waals surface area contributed by atoms with E-state index in [1.807, 2.05) is 13.0 Å². The van der Waals surface area contributed by atoms with Crippen LogP contribution in [0.4, 0.5) is 11.5 Å². The summed E-state index contributed by atoms with van der Waals surface area (Å²) in [4.78, 5) is 28.9. The third-order valence-corrected chi connectivity index (χ3v) is 4.54. The van der Waals surface area contributed by atoms with Gasteiger partial charge in [0.25, 0.3) is 5.91 Å². The highest BCUT2D eigenvalue weighted by molar-refractivity contribution is 8.00. The first-order valence-corrected chi connectivity index (χ1v) is 7.83. The Kier molecular flexibility index (Phi) is 4.04. The molecule has 0 fully saturated rings. The number of hydrogen-bond acceptors (Lipinski definition) is 4. The van der Waals surface area contributed by atoms with Gasteiger partial charge in [0, 0.05) is 16.7 Å². The normalized spacial score (nSPS) is 16.6. The first-order valence-electron chi connectivity index (χ1n) is 6.57. The molecule has 1 unspecified atom stereocenters. The van der Waals surface area contributed by atoms with Gasteiger partial charge in [0.15, 0.2) is 0 Å². The van der Waals surface area contributed by atoms with E-state index in [2.05, 4.69) is 15.6 Å². The SMILES string of the molecule is CC1Sc2ccc(C(=O)Nc3ccc(Cl)cn3)cc2NC1=O. The summed E-state index contributed by atoms with van der Waals surface area (Å²) in [5.41, 5.74) is 1.11. The van der Waals surface area contributed by atoms with Crippen molar-refractivity contribution in [1.82, 2.24) is 4.98 Å². The zero-order chi connectivity index (χ0) is 15.7. The van der Waals surface area contributed by atoms with Crippen LogP contribution < -0.4 is 10.6 Å². The van der Waals surface area contributed by atoms with E-state index < -0.39 is 0 Å². The smallest absolute Gasteiger partial charge is 0.256 e. The summed E-state index contributed by atoms with van der Waals surface area (Å²) in [6, 6.07) is 8.49. The number of thioether (sulfide) groups is 1. The van der Waals surface area contributed by atoms with E-state index in [9.17, 15) is 9.59 Å². The van der Waals surface area contributed by atoms with Gasteiger partial charge in [0.2, 0.25) is 5.91 Å². The molecule has 1 atom stereocenters. The van der Waals surface area contributed by atoms with Crippen LogP contribution >= 0.6 is 23.4 Å². The number of hydrogen-bond donors (Lipinski definition) is 2. The molecule has 2 heterocycles. The Bertz CT molecular complexity index is 749. The number of amides is 2. The number of nitrogens with zero attached hydrogens (tertiary/aromatic N) is 1. The highest BCUT2D eigenvalue weighted by Gasteiger charge is 2.23. The van der Waals surface area contributed by atoms with Crippen molar-refractivity contribution in [1.29, 1.82) is 0 Å². The molecule has 0 radical (unpaired) electrons. The molecule has 2 N–H and O–H groups in total. The van der Waals surface area contributed by atoms with E-state index in [1.54, 1.807) is 24.3 Å². The third-order valence-electron chi connectivity index (χ3n) is 3.14. The first kappa shape index (κ1) is 14.9. The Morgan fingerprint density at radius 1 is 1.36 bits per heavy atom. The molecule has 22 heavy (non-hydrogen) atoms. The Hall–Kier alpha value is -2.05. The van der Waals surface area contributed by atoms with Crippen LogP contribution in [0.2, 0.25) is 5.02 Å². The first-order chi connectivity index (χ1) is 10.5. The van der Waals surface area contributed by atoms with Gasteiger partial charge in [-0.3, -0.25) is 9.59 Å². The highest BCUT2D eigenvalue weighted by atomic mass is 35.5. The minimum absolute atomic E-state index is 0.0607.